The Labute approximate surface area is 79.3 Å². The normalized spacial score (nSPS) is 10.5. The van der Waals surface area contributed by atoms with Crippen LogP contribution in [0.1, 0.15) is 0 Å². The molecule has 0 bridgehead atoms. The van der Waals surface area contributed by atoms with Crippen molar-refractivity contribution in [3.63, 3.8) is 0 Å². The molecule has 11 heavy (non-hydrogen) atoms. The molecule has 0 radical (unpaired) electrons. The van der Waals surface area contributed by atoms with Crippen molar-refractivity contribution in [1.29, 1.82) is 0 Å². The molecule has 0 aromatic heterocycles. The molecule has 0 saturated heterocycles. The van der Waals surface area contributed by atoms with Crippen molar-refractivity contribution < 1.29 is 0 Å². The molecule has 54 valence electrons. The van der Waals surface area contributed by atoms with Gasteiger partial charge in [0.25, 0.3) is 0 Å². The van der Waals surface area contributed by atoms with Crippen LogP contribution in [0.5, 0.6) is 0 Å². The van der Waals surface area contributed by atoms with Crippen molar-refractivity contribution in [1.82, 2.24) is 0 Å². The van der Waals surface area contributed by atoms with Crippen LogP contribution in [0.25, 0.3) is 10.8 Å². The van der Waals surface area contributed by atoms with Crippen LogP contribution < -0.4 is 3.58 Å². The predicted molar refractivity (Wildman–Crippen MR) is 53.5 cm³/mol. The molecule has 0 N–H and O–H groups in total. The van der Waals surface area contributed by atoms with Gasteiger partial charge in [-0.2, -0.15) is 0 Å². The molecule has 2 aromatic rings. The predicted octanol–water partition coefficient (Wildman–Crippen LogP) is 0.830. The van der Waals surface area contributed by atoms with Gasteiger partial charge in [0.2, 0.25) is 0 Å². The molecule has 0 aliphatic rings. The van der Waals surface area contributed by atoms with Gasteiger partial charge in [-0.05, 0) is 0 Å². The summed E-state index contributed by atoms with van der Waals surface area (Å²) in [7, 11) is 0. The minimum absolute atomic E-state index is 0.623. The summed E-state index contributed by atoms with van der Waals surface area (Å²) in [4.78, 5) is 0. The number of benzene rings is 2. The molecule has 0 fully saturated rings. The van der Waals surface area contributed by atoms with Crippen LogP contribution >= 0.6 is 0 Å². The summed E-state index contributed by atoms with van der Waals surface area (Å²) in [5, 5.41) is 2.83. The van der Waals surface area contributed by atoms with Gasteiger partial charge in [0.15, 0.2) is 0 Å². The Bertz CT molecular complexity index is 374. The van der Waals surface area contributed by atoms with Gasteiger partial charge in [-0.25, -0.2) is 0 Å². The van der Waals surface area contributed by atoms with Crippen LogP contribution in [0.3, 0.4) is 0 Å². The van der Waals surface area contributed by atoms with E-state index in [-0.39, 0.29) is 0 Å². The van der Waals surface area contributed by atoms with Crippen LogP contribution in [0, 0.1) is 0 Å². The minimum atomic E-state index is 0.623. The first-order chi connectivity index (χ1) is 5.38. The molecule has 2 aromatic carbocycles. The maximum atomic E-state index is 2.23. The van der Waals surface area contributed by atoms with E-state index in [1.54, 1.807) is 3.58 Å². The zero-order valence-corrected chi connectivity index (χ0v) is 12.2. The van der Waals surface area contributed by atoms with Gasteiger partial charge >= 0.3 is 79.3 Å². The van der Waals surface area contributed by atoms with Crippen molar-refractivity contribution in [2.24, 2.45) is 0 Å². The van der Waals surface area contributed by atoms with E-state index in [1.807, 2.05) is 0 Å². The molecular weight excluding hydrogens is 239 g/mol. The average molecular weight is 249 g/mol. The van der Waals surface area contributed by atoms with Gasteiger partial charge in [-0.3, -0.25) is 0 Å². The SMILES string of the molecule is [SnH3][c]1cccc2ccccc12. The second-order valence-electron chi connectivity index (χ2n) is 2.80. The van der Waals surface area contributed by atoms with Gasteiger partial charge < -0.3 is 0 Å². The van der Waals surface area contributed by atoms with E-state index >= 15 is 0 Å². The molecule has 0 saturated carbocycles. The van der Waals surface area contributed by atoms with E-state index in [2.05, 4.69) is 42.5 Å². The topological polar surface area (TPSA) is 0 Å². The van der Waals surface area contributed by atoms with Gasteiger partial charge in [0, 0.05) is 0 Å². The molecule has 0 nitrogen and oxygen atoms in total. The van der Waals surface area contributed by atoms with Gasteiger partial charge in [0.1, 0.15) is 0 Å². The van der Waals surface area contributed by atoms with Gasteiger partial charge in [-0.15, -0.1) is 0 Å². The van der Waals surface area contributed by atoms with Crippen LogP contribution in [0.15, 0.2) is 42.5 Å². The third-order valence-corrected chi connectivity index (χ3v) is 4.50. The van der Waals surface area contributed by atoms with Crippen molar-refractivity contribution in [3.05, 3.63) is 42.5 Å². The van der Waals surface area contributed by atoms with E-state index in [0.717, 1.165) is 0 Å². The van der Waals surface area contributed by atoms with Crippen molar-refractivity contribution in [2.45, 2.75) is 0 Å². The maximum absolute atomic E-state index is 2.23. The van der Waals surface area contributed by atoms with Crippen molar-refractivity contribution >= 4 is 36.9 Å². The summed E-state index contributed by atoms with van der Waals surface area (Å²) >= 11 is 0.623. The van der Waals surface area contributed by atoms with Crippen LogP contribution in [0.2, 0.25) is 0 Å². The van der Waals surface area contributed by atoms with Gasteiger partial charge in [-0.1, -0.05) is 0 Å². The summed E-state index contributed by atoms with van der Waals surface area (Å²) in [5.41, 5.74) is 0. The molecule has 0 heterocycles. The Hall–Kier alpha value is -0.501. The third kappa shape index (κ3) is 1.27. The fraction of sp³-hybridized carbons (Fsp3) is 0. The van der Waals surface area contributed by atoms with Crippen LogP contribution in [0.4, 0.5) is 0 Å². The quantitative estimate of drug-likeness (QED) is 0.606. The zero-order chi connectivity index (χ0) is 7.68. The molecule has 0 atom stereocenters. The summed E-state index contributed by atoms with van der Waals surface area (Å²) in [6, 6.07) is 15.1. The Balaban J connectivity index is 2.91. The Kier molecular flexibility index (Phi) is 1.86. The number of fused-ring (bicyclic) bond motifs is 1. The van der Waals surface area contributed by atoms with Crippen molar-refractivity contribution in [2.75, 3.05) is 0 Å². The second-order valence-corrected chi connectivity index (χ2v) is 5.87. The van der Waals surface area contributed by atoms with Gasteiger partial charge in [0.05, 0.1) is 0 Å². The summed E-state index contributed by atoms with van der Waals surface area (Å²) in [6.07, 6.45) is 0. The molecule has 0 aliphatic heterocycles. The number of rotatable bonds is 0. The first-order valence-corrected chi connectivity index (χ1v) is 6.68. The molecule has 0 aliphatic carbocycles. The van der Waals surface area contributed by atoms with E-state index in [9.17, 15) is 0 Å². The molecule has 0 amide bonds. The molecule has 0 unspecified atom stereocenters. The third-order valence-electron chi connectivity index (χ3n) is 2.01. The fourth-order valence-corrected chi connectivity index (χ4v) is 3.24. The molecule has 2 rings (SSSR count). The molecule has 1 heteroatoms. The Morgan fingerprint density at radius 3 is 2.36 bits per heavy atom. The van der Waals surface area contributed by atoms with Crippen LogP contribution in [-0.4, -0.2) is 22.5 Å². The summed E-state index contributed by atoms with van der Waals surface area (Å²) in [5.74, 6) is 0. The second kappa shape index (κ2) is 2.86. The standard InChI is InChI=1S/C10H7.Sn.3H/c1-2-6-10-8-4-3-7-9(10)5-1;;;;/h1-7H;;;;. The monoisotopic (exact) mass is 250 g/mol. The van der Waals surface area contributed by atoms with E-state index in [4.69, 9.17) is 0 Å². The first-order valence-electron chi connectivity index (χ1n) is 3.82. The fourth-order valence-electron chi connectivity index (χ4n) is 1.39. The summed E-state index contributed by atoms with van der Waals surface area (Å²) < 4.78 is 1.56. The van der Waals surface area contributed by atoms with E-state index in [1.165, 1.54) is 10.8 Å². The van der Waals surface area contributed by atoms with Crippen LogP contribution in [-0.2, 0) is 0 Å². The first kappa shape index (κ1) is 7.16. The molecular formula is C10H10Sn. The van der Waals surface area contributed by atoms with E-state index in [0.29, 0.717) is 22.5 Å². The number of hydrogen-bond donors (Lipinski definition) is 0. The average Bonchev–Trinajstić information content (AvgIpc) is 2.06. The zero-order valence-electron chi connectivity index (χ0n) is 6.54. The van der Waals surface area contributed by atoms with E-state index < -0.39 is 0 Å². The Morgan fingerprint density at radius 1 is 0.818 bits per heavy atom. The van der Waals surface area contributed by atoms with Crippen molar-refractivity contribution in [3.8, 4) is 0 Å². The Morgan fingerprint density at radius 2 is 1.55 bits per heavy atom. The number of hydrogen-bond acceptors (Lipinski definition) is 0. The molecule has 0 spiro atoms. The summed E-state index contributed by atoms with van der Waals surface area (Å²) in [6.45, 7) is 0.